The molecule has 146 valence electrons. The van der Waals surface area contributed by atoms with E-state index in [-0.39, 0.29) is 18.0 Å². The molecule has 2 aromatic heterocycles. The molecule has 4 rings (SSSR count). The molecule has 0 unspecified atom stereocenters. The number of hydrogen-bond donors (Lipinski definition) is 2. The summed E-state index contributed by atoms with van der Waals surface area (Å²) in [7, 11) is 0. The van der Waals surface area contributed by atoms with E-state index in [1.54, 1.807) is 6.92 Å². The van der Waals surface area contributed by atoms with Crippen LogP contribution >= 0.6 is 0 Å². The second kappa shape index (κ2) is 6.85. The average molecular weight is 386 g/mol. The summed E-state index contributed by atoms with van der Waals surface area (Å²) in [6.45, 7) is 4.01. The molecule has 1 fully saturated rings. The lowest BCUT2D eigenvalue weighted by molar-refractivity contribution is 0.0954. The zero-order valence-corrected chi connectivity index (χ0v) is 15.6. The molecule has 6 nitrogen and oxygen atoms in total. The molecule has 0 aliphatic heterocycles. The fourth-order valence-corrected chi connectivity index (χ4v) is 3.17. The molecule has 1 aliphatic carbocycles. The Balaban J connectivity index is 1.54. The number of carbonyl (C=O) groups excluding carboxylic acids is 1. The van der Waals surface area contributed by atoms with Crippen LogP contribution in [0.15, 0.2) is 28.9 Å². The number of carbonyl (C=O) groups is 1. The second-order valence-electron chi connectivity index (χ2n) is 7.40. The first-order valence-corrected chi connectivity index (χ1v) is 9.10. The molecule has 2 heterocycles. The van der Waals surface area contributed by atoms with Gasteiger partial charge in [-0.1, -0.05) is 0 Å². The van der Waals surface area contributed by atoms with Crippen LogP contribution in [0.2, 0.25) is 0 Å². The summed E-state index contributed by atoms with van der Waals surface area (Å²) in [5.74, 6) is -0.612. The second-order valence-corrected chi connectivity index (χ2v) is 7.40. The van der Waals surface area contributed by atoms with Gasteiger partial charge in [-0.15, -0.1) is 0 Å². The maximum absolute atomic E-state index is 13.3. The van der Waals surface area contributed by atoms with Gasteiger partial charge in [0.05, 0.1) is 10.9 Å². The predicted octanol–water partition coefficient (Wildman–Crippen LogP) is 3.75. The first-order chi connectivity index (χ1) is 13.3. The number of nitrogens with one attached hydrogen (secondary N) is 2. The van der Waals surface area contributed by atoms with E-state index in [4.69, 9.17) is 4.42 Å². The van der Waals surface area contributed by atoms with E-state index in [0.717, 1.165) is 18.9 Å². The number of amides is 1. The highest BCUT2D eigenvalue weighted by molar-refractivity contribution is 6.10. The Morgan fingerprint density at radius 1 is 1.21 bits per heavy atom. The van der Waals surface area contributed by atoms with Crippen molar-refractivity contribution in [2.75, 3.05) is 11.9 Å². The lowest BCUT2D eigenvalue weighted by Crippen LogP contribution is -2.26. The number of furan rings is 1. The van der Waals surface area contributed by atoms with Crippen molar-refractivity contribution >= 4 is 22.8 Å². The van der Waals surface area contributed by atoms with Gasteiger partial charge in [-0.05, 0) is 50.8 Å². The Morgan fingerprint density at radius 3 is 2.61 bits per heavy atom. The molecule has 3 aromatic rings. The molecular weight excluding hydrogens is 366 g/mol. The van der Waals surface area contributed by atoms with Crippen LogP contribution in [0.3, 0.4) is 0 Å². The van der Waals surface area contributed by atoms with Crippen LogP contribution < -0.4 is 10.6 Å². The fraction of sp³-hybridized carbons (Fsp3) is 0.350. The third-order valence-corrected chi connectivity index (χ3v) is 4.93. The first-order valence-electron chi connectivity index (χ1n) is 9.10. The van der Waals surface area contributed by atoms with Crippen LogP contribution in [0.25, 0.3) is 11.1 Å². The molecule has 0 spiro atoms. The number of hydrogen-bond acceptors (Lipinski definition) is 5. The minimum absolute atomic E-state index is 0.0261. The lowest BCUT2D eigenvalue weighted by Gasteiger charge is -2.13. The summed E-state index contributed by atoms with van der Waals surface area (Å²) >= 11 is 0. The van der Waals surface area contributed by atoms with Crippen molar-refractivity contribution in [3.8, 4) is 0 Å². The third-order valence-electron chi connectivity index (χ3n) is 4.93. The Bertz CT molecular complexity index is 1040. The van der Waals surface area contributed by atoms with Crippen molar-refractivity contribution < 1.29 is 18.0 Å². The predicted molar refractivity (Wildman–Crippen MR) is 100 cm³/mol. The zero-order valence-electron chi connectivity index (χ0n) is 15.6. The monoisotopic (exact) mass is 386 g/mol. The maximum Gasteiger partial charge on any atom is 0.255 e. The molecule has 1 amide bonds. The van der Waals surface area contributed by atoms with Crippen molar-refractivity contribution in [3.63, 3.8) is 0 Å². The molecule has 8 heteroatoms. The zero-order chi connectivity index (χ0) is 19.9. The van der Waals surface area contributed by atoms with Gasteiger partial charge in [-0.3, -0.25) is 4.79 Å². The molecule has 28 heavy (non-hydrogen) atoms. The maximum atomic E-state index is 13.3. The highest BCUT2D eigenvalue weighted by Gasteiger charge is 2.38. The van der Waals surface area contributed by atoms with Crippen LogP contribution in [0.1, 0.15) is 41.4 Å². The van der Waals surface area contributed by atoms with Crippen LogP contribution in [-0.4, -0.2) is 28.0 Å². The van der Waals surface area contributed by atoms with E-state index in [0.29, 0.717) is 40.2 Å². The summed E-state index contributed by atoms with van der Waals surface area (Å²) < 4.78 is 32.2. The van der Waals surface area contributed by atoms with E-state index in [1.807, 2.05) is 0 Å². The van der Waals surface area contributed by atoms with Crippen molar-refractivity contribution in [1.29, 1.82) is 0 Å². The number of fused-ring (bicyclic) bond motifs is 1. The molecule has 0 saturated heterocycles. The SMILES string of the molecule is Cc1oc2ncnc(NC3(C)CC3)c2c1C(=O)NCCc1cc(F)cc(F)c1. The van der Waals surface area contributed by atoms with Gasteiger partial charge >= 0.3 is 0 Å². The van der Waals surface area contributed by atoms with E-state index < -0.39 is 11.6 Å². The number of rotatable bonds is 6. The van der Waals surface area contributed by atoms with Gasteiger partial charge < -0.3 is 15.1 Å². The molecular formula is C20H20F2N4O2. The van der Waals surface area contributed by atoms with Crippen LogP contribution in [0.5, 0.6) is 0 Å². The number of aromatic nitrogens is 2. The summed E-state index contributed by atoms with van der Waals surface area (Å²) in [6, 6.07) is 3.32. The van der Waals surface area contributed by atoms with Crippen molar-refractivity contribution in [3.05, 3.63) is 53.0 Å². The fourth-order valence-electron chi connectivity index (χ4n) is 3.17. The quantitative estimate of drug-likeness (QED) is 0.675. The van der Waals surface area contributed by atoms with Gasteiger partial charge in [0.1, 0.15) is 29.5 Å². The Hall–Kier alpha value is -3.03. The molecule has 0 radical (unpaired) electrons. The number of anilines is 1. The highest BCUT2D eigenvalue weighted by Crippen LogP contribution is 2.40. The number of nitrogens with zero attached hydrogens (tertiary/aromatic N) is 2. The standard InChI is InChI=1S/C20H20F2N4O2/c1-11-15(18(27)23-6-3-12-7-13(21)9-14(22)8-12)16-17(26-20(2)4-5-20)24-10-25-19(16)28-11/h7-10H,3-6H2,1-2H3,(H,23,27)(H,24,25,26). The molecule has 1 aliphatic rings. The molecule has 1 aromatic carbocycles. The summed E-state index contributed by atoms with van der Waals surface area (Å²) in [5.41, 5.74) is 1.16. The molecule has 1 saturated carbocycles. The average Bonchev–Trinajstić information content (AvgIpc) is 3.22. The van der Waals surface area contributed by atoms with Crippen molar-refractivity contribution in [2.24, 2.45) is 0 Å². The molecule has 0 atom stereocenters. The number of benzene rings is 1. The summed E-state index contributed by atoms with van der Waals surface area (Å²) in [6.07, 6.45) is 3.76. The summed E-state index contributed by atoms with van der Waals surface area (Å²) in [4.78, 5) is 21.2. The van der Waals surface area contributed by atoms with Crippen LogP contribution in [-0.2, 0) is 6.42 Å². The number of halogens is 2. The van der Waals surface area contributed by atoms with E-state index >= 15 is 0 Å². The largest absolute Gasteiger partial charge is 0.442 e. The van der Waals surface area contributed by atoms with Crippen molar-refractivity contribution in [2.45, 2.75) is 38.6 Å². The van der Waals surface area contributed by atoms with E-state index in [2.05, 4.69) is 27.5 Å². The number of aryl methyl sites for hydroxylation is 1. The third kappa shape index (κ3) is 3.67. The summed E-state index contributed by atoms with van der Waals surface area (Å²) in [5, 5.41) is 6.69. The Kier molecular flexibility index (Phi) is 4.49. The van der Waals surface area contributed by atoms with Gasteiger partial charge in [0.2, 0.25) is 5.71 Å². The minimum atomic E-state index is -0.639. The smallest absolute Gasteiger partial charge is 0.255 e. The van der Waals surface area contributed by atoms with Gasteiger partial charge in [0, 0.05) is 18.2 Å². The van der Waals surface area contributed by atoms with E-state index in [1.165, 1.54) is 18.5 Å². The van der Waals surface area contributed by atoms with Crippen molar-refractivity contribution in [1.82, 2.24) is 15.3 Å². The van der Waals surface area contributed by atoms with Gasteiger partial charge in [-0.25, -0.2) is 18.7 Å². The lowest BCUT2D eigenvalue weighted by atomic mass is 10.1. The van der Waals surface area contributed by atoms with Crippen LogP contribution in [0.4, 0.5) is 14.6 Å². The molecule has 2 N–H and O–H groups in total. The first kappa shape index (κ1) is 18.3. The van der Waals surface area contributed by atoms with E-state index in [9.17, 15) is 13.6 Å². The van der Waals surface area contributed by atoms with Gasteiger partial charge in [-0.2, -0.15) is 0 Å². The topological polar surface area (TPSA) is 80.1 Å². The normalized spacial score (nSPS) is 14.9. The Morgan fingerprint density at radius 2 is 1.93 bits per heavy atom. The van der Waals surface area contributed by atoms with Gasteiger partial charge in [0.25, 0.3) is 5.91 Å². The van der Waals surface area contributed by atoms with Crippen LogP contribution in [0, 0.1) is 18.6 Å². The minimum Gasteiger partial charge on any atom is -0.442 e. The molecule has 0 bridgehead atoms. The highest BCUT2D eigenvalue weighted by atomic mass is 19.1. The Labute approximate surface area is 160 Å². The van der Waals surface area contributed by atoms with Gasteiger partial charge in [0.15, 0.2) is 0 Å².